The van der Waals surface area contributed by atoms with Crippen LogP contribution in [0.25, 0.3) is 11.1 Å². The van der Waals surface area contributed by atoms with Gasteiger partial charge in [0, 0.05) is 25.6 Å². The standard InChI is InChI=1S/C27H32N2O5/c1-3-27(4-2,25(32)29-14-13-18(15-29)24(30)31)17-28-26(33)34-16-23-21-11-7-5-9-19(21)20-10-6-8-12-22(20)23/h5-12,18,23H,3-4,13-17H2,1-2H3,(H,28,33)(H,30,31). The van der Waals surface area contributed by atoms with Crippen LogP contribution < -0.4 is 5.32 Å². The Kier molecular flexibility index (Phi) is 6.91. The van der Waals surface area contributed by atoms with Crippen LogP contribution in [-0.2, 0) is 14.3 Å². The van der Waals surface area contributed by atoms with Gasteiger partial charge in [-0.05, 0) is 41.5 Å². The van der Waals surface area contributed by atoms with Crippen molar-refractivity contribution in [3.63, 3.8) is 0 Å². The zero-order chi connectivity index (χ0) is 24.3. The van der Waals surface area contributed by atoms with Crippen molar-refractivity contribution < 1.29 is 24.2 Å². The summed E-state index contributed by atoms with van der Waals surface area (Å²) < 4.78 is 5.63. The Morgan fingerprint density at radius 1 is 1.03 bits per heavy atom. The number of aliphatic carboxylic acids is 1. The van der Waals surface area contributed by atoms with Crippen LogP contribution in [0.2, 0.25) is 0 Å². The molecule has 0 spiro atoms. The van der Waals surface area contributed by atoms with Gasteiger partial charge in [0.25, 0.3) is 0 Å². The second-order valence-corrected chi connectivity index (χ2v) is 9.24. The largest absolute Gasteiger partial charge is 0.481 e. The number of hydrogen-bond acceptors (Lipinski definition) is 4. The summed E-state index contributed by atoms with van der Waals surface area (Å²) in [5.41, 5.74) is 3.84. The highest BCUT2D eigenvalue weighted by Crippen LogP contribution is 2.44. The number of carbonyl (C=O) groups excluding carboxylic acids is 2. The molecule has 2 aromatic carbocycles. The van der Waals surface area contributed by atoms with Crippen molar-refractivity contribution in [2.45, 2.75) is 39.0 Å². The number of alkyl carbamates (subject to hydrolysis) is 1. The molecule has 180 valence electrons. The van der Waals surface area contributed by atoms with E-state index in [1.807, 2.05) is 38.1 Å². The summed E-state index contributed by atoms with van der Waals surface area (Å²) in [6.45, 7) is 4.87. The molecule has 4 rings (SSSR count). The van der Waals surface area contributed by atoms with Gasteiger partial charge in [-0.25, -0.2) is 4.79 Å². The van der Waals surface area contributed by atoms with Gasteiger partial charge in [0.05, 0.1) is 11.3 Å². The predicted octanol–water partition coefficient (Wildman–Crippen LogP) is 4.26. The number of fused-ring (bicyclic) bond motifs is 3. The highest BCUT2D eigenvalue weighted by molar-refractivity contribution is 5.85. The number of carboxylic acids is 1. The van der Waals surface area contributed by atoms with E-state index in [-0.39, 0.29) is 31.5 Å². The summed E-state index contributed by atoms with van der Waals surface area (Å²) in [6.07, 6.45) is 0.996. The number of amides is 2. The monoisotopic (exact) mass is 464 g/mol. The van der Waals surface area contributed by atoms with E-state index in [0.717, 1.165) is 11.1 Å². The van der Waals surface area contributed by atoms with Gasteiger partial charge in [0.1, 0.15) is 6.61 Å². The van der Waals surface area contributed by atoms with Gasteiger partial charge < -0.3 is 20.1 Å². The van der Waals surface area contributed by atoms with Gasteiger partial charge in [-0.1, -0.05) is 62.4 Å². The molecule has 1 unspecified atom stereocenters. The quantitative estimate of drug-likeness (QED) is 0.608. The first-order valence-electron chi connectivity index (χ1n) is 12.0. The summed E-state index contributed by atoms with van der Waals surface area (Å²) in [6, 6.07) is 16.3. The summed E-state index contributed by atoms with van der Waals surface area (Å²) in [5.74, 6) is -1.52. The minimum atomic E-state index is -0.870. The highest BCUT2D eigenvalue weighted by Gasteiger charge is 2.42. The minimum absolute atomic E-state index is 0.0283. The molecule has 0 aromatic heterocycles. The molecule has 1 saturated heterocycles. The van der Waals surface area contributed by atoms with Crippen molar-refractivity contribution in [3.05, 3.63) is 59.7 Å². The SMILES string of the molecule is CCC(CC)(CNC(=O)OCC1c2ccccc2-c2ccccc21)C(=O)N1CCC(C(=O)O)C1. The number of hydrogen-bond donors (Lipinski definition) is 2. The molecular formula is C27H32N2O5. The van der Waals surface area contributed by atoms with E-state index in [4.69, 9.17) is 4.74 Å². The third-order valence-electron chi connectivity index (χ3n) is 7.55. The Morgan fingerprint density at radius 2 is 1.62 bits per heavy atom. The smallest absolute Gasteiger partial charge is 0.407 e. The van der Waals surface area contributed by atoms with E-state index in [1.54, 1.807) is 4.90 Å². The van der Waals surface area contributed by atoms with E-state index in [2.05, 4.69) is 29.6 Å². The maximum atomic E-state index is 13.3. The van der Waals surface area contributed by atoms with Gasteiger partial charge in [0.15, 0.2) is 0 Å². The second kappa shape index (κ2) is 9.87. The first kappa shape index (κ1) is 23.8. The Balaban J connectivity index is 1.38. The summed E-state index contributed by atoms with van der Waals surface area (Å²) >= 11 is 0. The number of rotatable bonds is 8. The number of nitrogens with zero attached hydrogens (tertiary/aromatic N) is 1. The van der Waals surface area contributed by atoms with Crippen molar-refractivity contribution in [2.75, 3.05) is 26.2 Å². The molecule has 2 aliphatic rings. The molecule has 2 N–H and O–H groups in total. The minimum Gasteiger partial charge on any atom is -0.481 e. The lowest BCUT2D eigenvalue weighted by Crippen LogP contribution is -2.49. The topological polar surface area (TPSA) is 95.9 Å². The van der Waals surface area contributed by atoms with Crippen LogP contribution >= 0.6 is 0 Å². The van der Waals surface area contributed by atoms with Crippen molar-refractivity contribution in [3.8, 4) is 11.1 Å². The molecule has 0 radical (unpaired) electrons. The summed E-state index contributed by atoms with van der Waals surface area (Å²) in [4.78, 5) is 38.9. The molecule has 1 aliphatic carbocycles. The third kappa shape index (κ3) is 4.39. The normalized spacial score (nSPS) is 17.2. The molecule has 2 aromatic rings. The van der Waals surface area contributed by atoms with Crippen LogP contribution in [0, 0.1) is 11.3 Å². The molecule has 7 nitrogen and oxygen atoms in total. The van der Waals surface area contributed by atoms with Crippen molar-refractivity contribution >= 4 is 18.0 Å². The van der Waals surface area contributed by atoms with Crippen LogP contribution in [0.5, 0.6) is 0 Å². The fraction of sp³-hybridized carbons (Fsp3) is 0.444. The number of nitrogens with one attached hydrogen (secondary N) is 1. The summed E-state index contributed by atoms with van der Waals surface area (Å²) in [5, 5.41) is 12.1. The van der Waals surface area contributed by atoms with E-state index < -0.39 is 23.4 Å². The van der Waals surface area contributed by atoms with Gasteiger partial charge >= 0.3 is 12.1 Å². The molecule has 2 amide bonds. The number of benzene rings is 2. The molecule has 34 heavy (non-hydrogen) atoms. The summed E-state index contributed by atoms with van der Waals surface area (Å²) in [7, 11) is 0. The highest BCUT2D eigenvalue weighted by atomic mass is 16.5. The Hall–Kier alpha value is -3.35. The lowest BCUT2D eigenvalue weighted by molar-refractivity contribution is -0.143. The zero-order valence-corrected chi connectivity index (χ0v) is 19.8. The van der Waals surface area contributed by atoms with E-state index >= 15 is 0 Å². The van der Waals surface area contributed by atoms with Crippen LogP contribution in [0.1, 0.15) is 50.2 Å². The average molecular weight is 465 g/mol. The number of carboxylic acid groups (broad SMARTS) is 1. The number of likely N-dealkylation sites (tertiary alicyclic amines) is 1. The van der Waals surface area contributed by atoms with Crippen LogP contribution in [-0.4, -0.2) is 54.2 Å². The van der Waals surface area contributed by atoms with Crippen LogP contribution in [0.3, 0.4) is 0 Å². The predicted molar refractivity (Wildman–Crippen MR) is 128 cm³/mol. The molecule has 7 heteroatoms. The molecular weight excluding hydrogens is 432 g/mol. The molecule has 0 bridgehead atoms. The molecule has 1 fully saturated rings. The maximum Gasteiger partial charge on any atom is 0.407 e. The molecule has 0 saturated carbocycles. The maximum absolute atomic E-state index is 13.3. The molecule has 1 atom stereocenters. The van der Waals surface area contributed by atoms with Crippen LogP contribution in [0.15, 0.2) is 48.5 Å². The van der Waals surface area contributed by atoms with E-state index in [1.165, 1.54) is 11.1 Å². The van der Waals surface area contributed by atoms with Crippen molar-refractivity contribution in [2.24, 2.45) is 11.3 Å². The van der Waals surface area contributed by atoms with Crippen LogP contribution in [0.4, 0.5) is 4.79 Å². The van der Waals surface area contributed by atoms with E-state index in [0.29, 0.717) is 25.8 Å². The van der Waals surface area contributed by atoms with Gasteiger partial charge in [-0.2, -0.15) is 0 Å². The third-order valence-corrected chi connectivity index (χ3v) is 7.55. The Labute approximate surface area is 200 Å². The first-order chi connectivity index (χ1) is 16.4. The number of carbonyl (C=O) groups is 3. The van der Waals surface area contributed by atoms with Gasteiger partial charge in [-0.3, -0.25) is 9.59 Å². The molecule has 1 aliphatic heterocycles. The zero-order valence-electron chi connectivity index (χ0n) is 19.8. The fourth-order valence-electron chi connectivity index (χ4n) is 5.25. The Bertz CT molecular complexity index is 1030. The van der Waals surface area contributed by atoms with E-state index in [9.17, 15) is 19.5 Å². The average Bonchev–Trinajstić information content (AvgIpc) is 3.47. The number of ether oxygens (including phenoxy) is 1. The lowest BCUT2D eigenvalue weighted by atomic mass is 9.80. The van der Waals surface area contributed by atoms with Crippen molar-refractivity contribution in [1.82, 2.24) is 10.2 Å². The molecule has 1 heterocycles. The van der Waals surface area contributed by atoms with Gasteiger partial charge in [-0.15, -0.1) is 0 Å². The lowest BCUT2D eigenvalue weighted by Gasteiger charge is -2.34. The Morgan fingerprint density at radius 3 is 2.15 bits per heavy atom. The second-order valence-electron chi connectivity index (χ2n) is 9.24. The van der Waals surface area contributed by atoms with Crippen molar-refractivity contribution in [1.29, 1.82) is 0 Å². The van der Waals surface area contributed by atoms with Gasteiger partial charge in [0.2, 0.25) is 5.91 Å². The first-order valence-corrected chi connectivity index (χ1v) is 12.0. The fourth-order valence-corrected chi connectivity index (χ4v) is 5.25.